The first-order chi connectivity index (χ1) is 12.2. The number of aromatic nitrogens is 3. The van der Waals surface area contributed by atoms with Crippen LogP contribution in [-0.4, -0.2) is 22.1 Å². The molecule has 1 heterocycles. The van der Waals surface area contributed by atoms with Crippen LogP contribution >= 0.6 is 23.4 Å². The van der Waals surface area contributed by atoms with Crippen LogP contribution in [0, 0.1) is 0 Å². The molecule has 0 aliphatic carbocycles. The van der Waals surface area contributed by atoms with Gasteiger partial charge in [-0.2, -0.15) is 15.0 Å². The predicted octanol–water partition coefficient (Wildman–Crippen LogP) is 4.15. The van der Waals surface area contributed by atoms with E-state index in [1.54, 1.807) is 7.11 Å². The molecular formula is C17H16ClN5OS. The average molecular weight is 374 g/mol. The summed E-state index contributed by atoms with van der Waals surface area (Å²) in [6.07, 6.45) is 0. The maximum atomic E-state index is 6.17. The second-order valence-corrected chi connectivity index (χ2v) is 6.40. The van der Waals surface area contributed by atoms with E-state index in [-0.39, 0.29) is 5.95 Å². The van der Waals surface area contributed by atoms with E-state index in [0.29, 0.717) is 28.3 Å². The maximum Gasteiger partial charge on any atom is 0.232 e. The minimum atomic E-state index is 0.155. The van der Waals surface area contributed by atoms with Crippen molar-refractivity contribution in [3.63, 3.8) is 0 Å². The number of nitrogens with zero attached hydrogens (tertiary/aromatic N) is 3. The Morgan fingerprint density at radius 3 is 2.64 bits per heavy atom. The monoisotopic (exact) mass is 373 g/mol. The van der Waals surface area contributed by atoms with Gasteiger partial charge in [0.25, 0.3) is 0 Å². The summed E-state index contributed by atoms with van der Waals surface area (Å²) < 4.78 is 5.31. The number of thioether (sulfide) groups is 1. The Bertz CT molecular complexity index is 877. The van der Waals surface area contributed by atoms with Crippen LogP contribution in [-0.2, 0) is 5.75 Å². The lowest BCUT2D eigenvalue weighted by Gasteiger charge is -2.10. The van der Waals surface area contributed by atoms with E-state index in [1.165, 1.54) is 11.8 Å². The topological polar surface area (TPSA) is 86.0 Å². The molecule has 6 nitrogen and oxygen atoms in total. The molecule has 0 spiro atoms. The van der Waals surface area contributed by atoms with Crippen LogP contribution in [0.25, 0.3) is 0 Å². The summed E-state index contributed by atoms with van der Waals surface area (Å²) in [6.45, 7) is 0. The van der Waals surface area contributed by atoms with Gasteiger partial charge in [0.05, 0.1) is 23.6 Å². The van der Waals surface area contributed by atoms with Crippen molar-refractivity contribution in [1.29, 1.82) is 0 Å². The molecule has 0 saturated heterocycles. The Labute approximate surface area is 154 Å². The lowest BCUT2D eigenvalue weighted by molar-refractivity contribution is 0.417. The van der Waals surface area contributed by atoms with Crippen LogP contribution in [0.5, 0.6) is 5.75 Å². The van der Waals surface area contributed by atoms with Gasteiger partial charge in [-0.3, -0.25) is 0 Å². The molecule has 0 saturated carbocycles. The lowest BCUT2D eigenvalue weighted by atomic mass is 10.3. The fourth-order valence-corrected chi connectivity index (χ4v) is 3.22. The Morgan fingerprint density at radius 1 is 1.08 bits per heavy atom. The Hall–Kier alpha value is -2.51. The first-order valence-electron chi connectivity index (χ1n) is 7.43. The van der Waals surface area contributed by atoms with Crippen LogP contribution in [0.2, 0.25) is 5.02 Å². The van der Waals surface area contributed by atoms with Crippen LogP contribution in [0.3, 0.4) is 0 Å². The first kappa shape index (κ1) is 17.3. The van der Waals surface area contributed by atoms with E-state index < -0.39 is 0 Å². The Morgan fingerprint density at radius 2 is 1.84 bits per heavy atom. The van der Waals surface area contributed by atoms with E-state index in [9.17, 15) is 0 Å². The zero-order valence-corrected chi connectivity index (χ0v) is 15.0. The largest absolute Gasteiger partial charge is 0.495 e. The number of rotatable bonds is 6. The number of halogens is 1. The Kier molecular flexibility index (Phi) is 5.57. The fourth-order valence-electron chi connectivity index (χ4n) is 2.13. The summed E-state index contributed by atoms with van der Waals surface area (Å²) in [7, 11) is 1.61. The van der Waals surface area contributed by atoms with Gasteiger partial charge in [0.2, 0.25) is 11.9 Å². The summed E-state index contributed by atoms with van der Waals surface area (Å²) >= 11 is 7.71. The molecule has 3 N–H and O–H groups in total. The van der Waals surface area contributed by atoms with Crippen LogP contribution < -0.4 is 15.8 Å². The summed E-state index contributed by atoms with van der Waals surface area (Å²) in [5, 5.41) is 3.81. The zero-order chi connectivity index (χ0) is 17.6. The van der Waals surface area contributed by atoms with Gasteiger partial charge in [0.1, 0.15) is 11.6 Å². The van der Waals surface area contributed by atoms with Crippen LogP contribution in [0.4, 0.5) is 17.6 Å². The van der Waals surface area contributed by atoms with Gasteiger partial charge >= 0.3 is 0 Å². The molecule has 0 bridgehead atoms. The summed E-state index contributed by atoms with van der Waals surface area (Å²) in [4.78, 5) is 13.7. The number of hydrogen-bond acceptors (Lipinski definition) is 7. The smallest absolute Gasteiger partial charge is 0.232 e. The molecule has 8 heteroatoms. The van der Waals surface area contributed by atoms with Gasteiger partial charge in [-0.25, -0.2) is 0 Å². The second-order valence-electron chi connectivity index (χ2n) is 4.98. The van der Waals surface area contributed by atoms with E-state index >= 15 is 0 Å². The lowest BCUT2D eigenvalue weighted by Crippen LogP contribution is -2.07. The number of ether oxygens (including phenoxy) is 1. The third-order valence-corrected chi connectivity index (χ3v) is 4.76. The first-order valence-corrected chi connectivity index (χ1v) is 8.80. The van der Waals surface area contributed by atoms with Gasteiger partial charge in [-0.05, 0) is 24.3 Å². The number of nitrogen functional groups attached to an aromatic ring is 1. The highest BCUT2D eigenvalue weighted by Gasteiger charge is 2.09. The predicted molar refractivity (Wildman–Crippen MR) is 102 cm³/mol. The van der Waals surface area contributed by atoms with Crippen molar-refractivity contribution in [3.05, 3.63) is 59.4 Å². The summed E-state index contributed by atoms with van der Waals surface area (Å²) in [6, 6.07) is 15.1. The number of benzene rings is 2. The summed E-state index contributed by atoms with van der Waals surface area (Å²) in [5.41, 5.74) is 6.56. The second kappa shape index (κ2) is 8.04. The molecular weight excluding hydrogens is 358 g/mol. The highest BCUT2D eigenvalue weighted by atomic mass is 35.5. The van der Waals surface area contributed by atoms with Gasteiger partial charge in [0, 0.05) is 4.90 Å². The molecule has 128 valence electrons. The minimum absolute atomic E-state index is 0.155. The molecule has 2 aromatic carbocycles. The molecule has 3 aromatic rings. The molecule has 0 aliphatic heterocycles. The quantitative estimate of drug-likeness (QED) is 0.627. The van der Waals surface area contributed by atoms with Crippen molar-refractivity contribution >= 4 is 40.9 Å². The third kappa shape index (κ3) is 4.52. The molecule has 1 aromatic heterocycles. The highest BCUT2D eigenvalue weighted by Crippen LogP contribution is 2.29. The number of para-hydroxylation sites is 2. The molecule has 25 heavy (non-hydrogen) atoms. The Balaban J connectivity index is 1.77. The van der Waals surface area contributed by atoms with Crippen LogP contribution in [0.1, 0.15) is 5.82 Å². The minimum Gasteiger partial charge on any atom is -0.495 e. The standard InChI is InChI=1S/C17H16ClN5OS/c1-24-13-8-4-3-7-12(13)20-17-22-15(21-16(19)23-17)10-25-14-9-5-2-6-11(14)18/h2-9H,10H2,1H3,(H3,19,20,21,22,23). The van der Waals surface area contributed by atoms with Crippen molar-refractivity contribution in [2.24, 2.45) is 0 Å². The number of nitrogens with one attached hydrogen (secondary N) is 1. The van der Waals surface area contributed by atoms with E-state index in [4.69, 9.17) is 22.1 Å². The highest BCUT2D eigenvalue weighted by molar-refractivity contribution is 7.98. The number of nitrogens with two attached hydrogens (primary N) is 1. The number of methoxy groups -OCH3 is 1. The van der Waals surface area contributed by atoms with Crippen molar-refractivity contribution in [2.75, 3.05) is 18.2 Å². The molecule has 0 radical (unpaired) electrons. The van der Waals surface area contributed by atoms with E-state index in [1.807, 2.05) is 48.5 Å². The maximum absolute atomic E-state index is 6.17. The van der Waals surface area contributed by atoms with Gasteiger partial charge in [-0.15, -0.1) is 11.8 Å². The third-order valence-electron chi connectivity index (χ3n) is 3.25. The van der Waals surface area contributed by atoms with Gasteiger partial charge in [0.15, 0.2) is 0 Å². The van der Waals surface area contributed by atoms with E-state index in [0.717, 1.165) is 10.6 Å². The van der Waals surface area contributed by atoms with Gasteiger partial charge < -0.3 is 15.8 Å². The molecule has 0 fully saturated rings. The van der Waals surface area contributed by atoms with Gasteiger partial charge in [-0.1, -0.05) is 35.9 Å². The average Bonchev–Trinajstić information content (AvgIpc) is 2.61. The molecule has 0 amide bonds. The SMILES string of the molecule is COc1ccccc1Nc1nc(N)nc(CSc2ccccc2Cl)n1. The van der Waals surface area contributed by atoms with Crippen molar-refractivity contribution < 1.29 is 4.74 Å². The normalized spacial score (nSPS) is 10.5. The van der Waals surface area contributed by atoms with Crippen molar-refractivity contribution in [2.45, 2.75) is 10.6 Å². The fraction of sp³-hybridized carbons (Fsp3) is 0.118. The number of hydrogen-bond donors (Lipinski definition) is 2. The molecule has 0 unspecified atom stereocenters. The zero-order valence-electron chi connectivity index (χ0n) is 13.4. The van der Waals surface area contributed by atoms with E-state index in [2.05, 4.69) is 20.3 Å². The van der Waals surface area contributed by atoms with Crippen molar-refractivity contribution in [1.82, 2.24) is 15.0 Å². The molecule has 0 atom stereocenters. The number of anilines is 3. The van der Waals surface area contributed by atoms with Crippen LogP contribution in [0.15, 0.2) is 53.4 Å². The van der Waals surface area contributed by atoms with Crippen molar-refractivity contribution in [3.8, 4) is 5.75 Å². The molecule has 3 rings (SSSR count). The molecule has 0 aliphatic rings. The summed E-state index contributed by atoms with van der Waals surface area (Å²) in [5.74, 6) is 2.30.